The Bertz CT molecular complexity index is 1160. The molecule has 0 saturated carbocycles. The number of ether oxygens (including phenoxy) is 1. The van der Waals surface area contributed by atoms with Crippen molar-refractivity contribution >= 4 is 22.9 Å². The molecule has 1 N–H and O–H groups in total. The number of carbonyl (C=O) groups is 1. The average molecular weight is 467 g/mol. The molecular formula is C24H34N8O2. The summed E-state index contributed by atoms with van der Waals surface area (Å²) in [6.45, 7) is 15.8. The standard InChI is InChI=1S/C24H34N8O2/c1-8-32-21(17-9-25-16(4)26-10-17)29-18-20(27-13-28-22(18)32)30-19(24(5,6)7)23(33)31-11-14(2)34-15(3)12-31/h9-10,13-15,19H,8,11-12H2,1-7H3,(H,27,28,30)/t14-,15+,19-/m0/s1. The van der Waals surface area contributed by atoms with E-state index in [1.807, 2.05) is 57.9 Å². The summed E-state index contributed by atoms with van der Waals surface area (Å²) in [4.78, 5) is 38.1. The number of hydrogen-bond acceptors (Lipinski definition) is 8. The van der Waals surface area contributed by atoms with Gasteiger partial charge in [-0.25, -0.2) is 24.9 Å². The van der Waals surface area contributed by atoms with Crippen molar-refractivity contribution in [1.29, 1.82) is 0 Å². The van der Waals surface area contributed by atoms with Gasteiger partial charge in [0.25, 0.3) is 0 Å². The quantitative estimate of drug-likeness (QED) is 0.611. The summed E-state index contributed by atoms with van der Waals surface area (Å²) in [6, 6.07) is -0.499. The predicted octanol–water partition coefficient (Wildman–Crippen LogP) is 3.07. The number of nitrogens with zero attached hydrogens (tertiary/aromatic N) is 7. The van der Waals surface area contributed by atoms with Crippen LogP contribution in [-0.4, -0.2) is 71.6 Å². The largest absolute Gasteiger partial charge is 0.372 e. The third-order valence-electron chi connectivity index (χ3n) is 6.01. The Labute approximate surface area is 200 Å². The van der Waals surface area contributed by atoms with E-state index in [0.717, 1.165) is 11.4 Å². The number of hydrogen-bond donors (Lipinski definition) is 1. The number of rotatable bonds is 5. The number of imidazole rings is 1. The topological polar surface area (TPSA) is 111 Å². The average Bonchev–Trinajstić information content (AvgIpc) is 3.15. The number of aryl methyl sites for hydroxylation is 2. The van der Waals surface area contributed by atoms with Crippen molar-refractivity contribution < 1.29 is 9.53 Å². The first-order valence-corrected chi connectivity index (χ1v) is 11.8. The second-order valence-corrected chi connectivity index (χ2v) is 10.0. The Hall–Kier alpha value is -3.14. The summed E-state index contributed by atoms with van der Waals surface area (Å²) in [5, 5.41) is 3.42. The van der Waals surface area contributed by atoms with Crippen LogP contribution in [0, 0.1) is 12.3 Å². The van der Waals surface area contributed by atoms with Gasteiger partial charge in [0, 0.05) is 32.0 Å². The molecular weight excluding hydrogens is 432 g/mol. The van der Waals surface area contributed by atoms with Crippen molar-refractivity contribution in [3.63, 3.8) is 0 Å². The van der Waals surface area contributed by atoms with Gasteiger partial charge in [0.2, 0.25) is 5.91 Å². The van der Waals surface area contributed by atoms with E-state index in [1.165, 1.54) is 6.33 Å². The fraction of sp³-hybridized carbons (Fsp3) is 0.583. The summed E-state index contributed by atoms with van der Waals surface area (Å²) < 4.78 is 7.84. The zero-order valence-corrected chi connectivity index (χ0v) is 21.0. The smallest absolute Gasteiger partial charge is 0.245 e. The predicted molar refractivity (Wildman–Crippen MR) is 130 cm³/mol. The van der Waals surface area contributed by atoms with Crippen molar-refractivity contribution in [1.82, 2.24) is 34.4 Å². The first-order chi connectivity index (χ1) is 16.1. The summed E-state index contributed by atoms with van der Waals surface area (Å²) in [6.07, 6.45) is 5.03. The van der Waals surface area contributed by atoms with Gasteiger partial charge in [0.15, 0.2) is 17.0 Å². The third-order valence-corrected chi connectivity index (χ3v) is 6.01. The zero-order valence-electron chi connectivity index (χ0n) is 21.0. The number of morpholine rings is 1. The van der Waals surface area contributed by atoms with E-state index in [-0.39, 0.29) is 23.5 Å². The molecule has 3 aromatic rings. The van der Waals surface area contributed by atoms with Gasteiger partial charge in [-0.3, -0.25) is 4.79 Å². The summed E-state index contributed by atoms with van der Waals surface area (Å²) in [7, 11) is 0. The van der Waals surface area contributed by atoms with Gasteiger partial charge in [0.05, 0.1) is 17.8 Å². The SMILES string of the molecule is CCn1c(-c2cnc(C)nc2)nc2c(N[C@@H](C(=O)N3C[C@@H](C)O[C@@H](C)C3)C(C)(C)C)ncnc21. The molecule has 182 valence electrons. The molecule has 0 radical (unpaired) electrons. The first-order valence-electron chi connectivity index (χ1n) is 11.8. The molecule has 3 atom stereocenters. The molecule has 1 aliphatic rings. The fourth-order valence-corrected chi connectivity index (χ4v) is 4.40. The lowest BCUT2D eigenvalue weighted by molar-refractivity contribution is -0.146. The summed E-state index contributed by atoms with van der Waals surface area (Å²) >= 11 is 0. The highest BCUT2D eigenvalue weighted by Crippen LogP contribution is 2.30. The molecule has 4 rings (SSSR count). The van der Waals surface area contributed by atoms with E-state index < -0.39 is 6.04 Å². The number of fused-ring (bicyclic) bond motifs is 1. The summed E-state index contributed by atoms with van der Waals surface area (Å²) in [5.41, 5.74) is 1.76. The summed E-state index contributed by atoms with van der Waals surface area (Å²) in [5.74, 6) is 1.98. The Morgan fingerprint density at radius 2 is 1.79 bits per heavy atom. The van der Waals surface area contributed by atoms with Crippen LogP contribution in [0.4, 0.5) is 5.82 Å². The van der Waals surface area contributed by atoms with Gasteiger partial charge in [-0.05, 0) is 33.1 Å². The van der Waals surface area contributed by atoms with Gasteiger partial charge in [-0.2, -0.15) is 0 Å². The van der Waals surface area contributed by atoms with E-state index in [9.17, 15) is 4.79 Å². The molecule has 0 bridgehead atoms. The van der Waals surface area contributed by atoms with E-state index in [1.54, 1.807) is 12.4 Å². The van der Waals surface area contributed by atoms with Crippen LogP contribution < -0.4 is 5.32 Å². The molecule has 1 amide bonds. The molecule has 1 fully saturated rings. The van der Waals surface area contributed by atoms with E-state index in [0.29, 0.717) is 42.4 Å². The maximum absolute atomic E-state index is 13.7. The Kier molecular flexibility index (Phi) is 6.53. The van der Waals surface area contributed by atoms with Gasteiger partial charge < -0.3 is 19.5 Å². The van der Waals surface area contributed by atoms with Crippen LogP contribution in [0.3, 0.4) is 0 Å². The fourth-order valence-electron chi connectivity index (χ4n) is 4.40. The van der Waals surface area contributed by atoms with Crippen LogP contribution >= 0.6 is 0 Å². The van der Waals surface area contributed by atoms with E-state index in [4.69, 9.17) is 9.72 Å². The zero-order chi connectivity index (χ0) is 24.6. The minimum absolute atomic E-state index is 0.00128. The highest BCUT2D eigenvalue weighted by atomic mass is 16.5. The van der Waals surface area contributed by atoms with Gasteiger partial charge in [-0.1, -0.05) is 20.8 Å². The van der Waals surface area contributed by atoms with E-state index in [2.05, 4.69) is 25.3 Å². The van der Waals surface area contributed by atoms with Gasteiger partial charge >= 0.3 is 0 Å². The highest BCUT2D eigenvalue weighted by molar-refractivity contribution is 5.91. The molecule has 4 heterocycles. The lowest BCUT2D eigenvalue weighted by atomic mass is 9.85. The van der Waals surface area contributed by atoms with Gasteiger partial charge in [0.1, 0.15) is 24.0 Å². The number of amides is 1. The normalized spacial score (nSPS) is 19.9. The molecule has 10 nitrogen and oxygen atoms in total. The second-order valence-electron chi connectivity index (χ2n) is 10.0. The van der Waals surface area contributed by atoms with Crippen LogP contribution in [0.2, 0.25) is 0 Å². The van der Waals surface area contributed by atoms with Crippen LogP contribution in [0.5, 0.6) is 0 Å². The third kappa shape index (κ3) is 4.72. The van der Waals surface area contributed by atoms with Crippen LogP contribution in [-0.2, 0) is 16.1 Å². The van der Waals surface area contributed by atoms with E-state index >= 15 is 0 Å². The molecule has 3 aromatic heterocycles. The van der Waals surface area contributed by atoms with Crippen LogP contribution in [0.15, 0.2) is 18.7 Å². The van der Waals surface area contributed by atoms with Crippen LogP contribution in [0.1, 0.15) is 47.4 Å². The lowest BCUT2D eigenvalue weighted by Crippen LogP contribution is -2.55. The Morgan fingerprint density at radius 3 is 2.38 bits per heavy atom. The molecule has 1 aliphatic heterocycles. The maximum Gasteiger partial charge on any atom is 0.245 e. The minimum atomic E-state index is -0.499. The molecule has 1 saturated heterocycles. The van der Waals surface area contributed by atoms with Crippen molar-refractivity contribution in [3.8, 4) is 11.4 Å². The van der Waals surface area contributed by atoms with Crippen molar-refractivity contribution in [3.05, 3.63) is 24.5 Å². The molecule has 0 aliphatic carbocycles. The molecule has 0 unspecified atom stereocenters. The first kappa shape index (κ1) is 24.0. The maximum atomic E-state index is 13.7. The molecule has 10 heteroatoms. The molecule has 34 heavy (non-hydrogen) atoms. The van der Waals surface area contributed by atoms with Gasteiger partial charge in [-0.15, -0.1) is 0 Å². The number of carbonyl (C=O) groups excluding carboxylic acids is 1. The monoisotopic (exact) mass is 466 g/mol. The van der Waals surface area contributed by atoms with Crippen molar-refractivity contribution in [2.45, 2.75) is 73.3 Å². The second kappa shape index (κ2) is 9.25. The lowest BCUT2D eigenvalue weighted by Gasteiger charge is -2.40. The number of nitrogens with one attached hydrogen (secondary N) is 1. The van der Waals surface area contributed by atoms with Crippen molar-refractivity contribution in [2.24, 2.45) is 5.41 Å². The Balaban J connectivity index is 1.73. The minimum Gasteiger partial charge on any atom is -0.372 e. The molecule has 0 spiro atoms. The number of aromatic nitrogens is 6. The Morgan fingerprint density at radius 1 is 1.15 bits per heavy atom. The van der Waals surface area contributed by atoms with Crippen LogP contribution in [0.25, 0.3) is 22.6 Å². The number of anilines is 1. The highest BCUT2D eigenvalue weighted by Gasteiger charge is 2.38. The van der Waals surface area contributed by atoms with Crippen molar-refractivity contribution in [2.75, 3.05) is 18.4 Å². The molecule has 0 aromatic carbocycles.